The second kappa shape index (κ2) is 4.84. The fourth-order valence-electron chi connectivity index (χ4n) is 3.51. The van der Waals surface area contributed by atoms with Crippen LogP contribution in [0, 0.1) is 5.92 Å². The van der Waals surface area contributed by atoms with Crippen molar-refractivity contribution in [3.63, 3.8) is 0 Å². The van der Waals surface area contributed by atoms with Crippen LogP contribution in [0.5, 0.6) is 0 Å². The first-order valence-corrected chi connectivity index (χ1v) is 6.72. The average molecular weight is 210 g/mol. The molecular formula is C13H26N2. The van der Waals surface area contributed by atoms with Crippen LogP contribution in [-0.4, -0.2) is 30.1 Å². The molecule has 2 fully saturated rings. The minimum atomic E-state index is 0.400. The topological polar surface area (TPSA) is 29.3 Å². The molecule has 0 amide bonds. The second-order valence-electron chi connectivity index (χ2n) is 5.70. The highest BCUT2D eigenvalue weighted by Gasteiger charge is 2.44. The van der Waals surface area contributed by atoms with Gasteiger partial charge in [-0.25, -0.2) is 0 Å². The number of nitrogens with two attached hydrogens (primary N) is 1. The summed E-state index contributed by atoms with van der Waals surface area (Å²) < 4.78 is 0. The van der Waals surface area contributed by atoms with Crippen LogP contribution in [0.2, 0.25) is 0 Å². The van der Waals surface area contributed by atoms with Crippen LogP contribution in [0.4, 0.5) is 0 Å². The molecule has 1 saturated carbocycles. The van der Waals surface area contributed by atoms with Gasteiger partial charge in [-0.2, -0.15) is 0 Å². The summed E-state index contributed by atoms with van der Waals surface area (Å²) in [5, 5.41) is 0. The molecule has 2 rings (SSSR count). The van der Waals surface area contributed by atoms with Crippen molar-refractivity contribution in [1.29, 1.82) is 0 Å². The third kappa shape index (κ3) is 2.36. The van der Waals surface area contributed by atoms with Crippen LogP contribution in [-0.2, 0) is 0 Å². The molecule has 0 aromatic rings. The van der Waals surface area contributed by atoms with Crippen molar-refractivity contribution < 1.29 is 0 Å². The summed E-state index contributed by atoms with van der Waals surface area (Å²) in [5.41, 5.74) is 6.41. The average Bonchev–Trinajstić information content (AvgIpc) is 2.12. The Bertz CT molecular complexity index is 189. The smallest absolute Gasteiger partial charge is 0.0336 e. The summed E-state index contributed by atoms with van der Waals surface area (Å²) in [6.45, 7) is 5.82. The molecule has 0 spiro atoms. The molecule has 1 aliphatic heterocycles. The monoisotopic (exact) mass is 210 g/mol. The van der Waals surface area contributed by atoms with Gasteiger partial charge in [0.2, 0.25) is 0 Å². The minimum Gasteiger partial charge on any atom is -0.329 e. The van der Waals surface area contributed by atoms with Gasteiger partial charge in [0.15, 0.2) is 0 Å². The Kier molecular flexibility index (Phi) is 3.68. The van der Waals surface area contributed by atoms with Crippen molar-refractivity contribution in [2.45, 2.75) is 57.4 Å². The molecule has 1 saturated heterocycles. The molecule has 15 heavy (non-hydrogen) atoms. The summed E-state index contributed by atoms with van der Waals surface area (Å²) in [4.78, 5) is 2.71. The van der Waals surface area contributed by atoms with Gasteiger partial charge in [-0.05, 0) is 44.7 Å². The first-order valence-electron chi connectivity index (χ1n) is 6.72. The molecule has 0 bridgehead atoms. The van der Waals surface area contributed by atoms with E-state index in [1.807, 2.05) is 0 Å². The zero-order valence-corrected chi connectivity index (χ0v) is 10.2. The zero-order valence-electron chi connectivity index (χ0n) is 10.2. The van der Waals surface area contributed by atoms with Gasteiger partial charge in [-0.1, -0.05) is 26.2 Å². The van der Waals surface area contributed by atoms with Crippen molar-refractivity contribution in [3.8, 4) is 0 Å². The third-order valence-electron chi connectivity index (χ3n) is 4.36. The van der Waals surface area contributed by atoms with Gasteiger partial charge < -0.3 is 5.73 Å². The summed E-state index contributed by atoms with van der Waals surface area (Å²) in [5.74, 6) is 0.902. The Morgan fingerprint density at radius 3 is 2.07 bits per heavy atom. The van der Waals surface area contributed by atoms with Crippen LogP contribution in [0.25, 0.3) is 0 Å². The first kappa shape index (κ1) is 11.4. The number of nitrogens with zero attached hydrogens (tertiary/aromatic N) is 1. The number of rotatable bonds is 2. The van der Waals surface area contributed by atoms with E-state index in [-0.39, 0.29) is 0 Å². The lowest BCUT2D eigenvalue weighted by Crippen LogP contribution is -2.61. The fourth-order valence-corrected chi connectivity index (χ4v) is 3.51. The van der Waals surface area contributed by atoms with E-state index in [0.717, 1.165) is 12.5 Å². The lowest BCUT2D eigenvalue weighted by atomic mass is 9.67. The molecule has 0 unspecified atom stereocenters. The SMILES string of the molecule is CC1CC(CN)(N2CCCCCCC2)C1. The quantitative estimate of drug-likeness (QED) is 0.758. The standard InChI is InChI=1S/C13H26N2/c1-12-9-13(10-12,11-14)15-7-5-3-2-4-6-8-15/h12H,2-11,14H2,1H3. The van der Waals surface area contributed by atoms with E-state index in [4.69, 9.17) is 5.73 Å². The van der Waals surface area contributed by atoms with Crippen LogP contribution in [0.3, 0.4) is 0 Å². The number of hydrogen-bond acceptors (Lipinski definition) is 2. The molecule has 0 atom stereocenters. The highest BCUT2D eigenvalue weighted by molar-refractivity contribution is 5.02. The van der Waals surface area contributed by atoms with E-state index in [9.17, 15) is 0 Å². The predicted octanol–water partition coefficient (Wildman–Crippen LogP) is 2.38. The van der Waals surface area contributed by atoms with Crippen molar-refractivity contribution >= 4 is 0 Å². The van der Waals surface area contributed by atoms with Crippen molar-refractivity contribution in [3.05, 3.63) is 0 Å². The van der Waals surface area contributed by atoms with Crippen LogP contribution in [0.15, 0.2) is 0 Å². The molecule has 0 aromatic carbocycles. The maximum absolute atomic E-state index is 6.01. The molecule has 2 heteroatoms. The van der Waals surface area contributed by atoms with Crippen molar-refractivity contribution in [2.75, 3.05) is 19.6 Å². The summed E-state index contributed by atoms with van der Waals surface area (Å²) >= 11 is 0. The normalized spacial score (nSPS) is 39.2. The number of hydrogen-bond donors (Lipinski definition) is 1. The summed E-state index contributed by atoms with van der Waals surface area (Å²) in [7, 11) is 0. The molecule has 2 nitrogen and oxygen atoms in total. The van der Waals surface area contributed by atoms with Crippen LogP contribution < -0.4 is 5.73 Å². The van der Waals surface area contributed by atoms with E-state index in [1.165, 1.54) is 58.0 Å². The first-order chi connectivity index (χ1) is 7.27. The molecule has 0 radical (unpaired) electrons. The Labute approximate surface area is 94.2 Å². The molecule has 1 aliphatic carbocycles. The van der Waals surface area contributed by atoms with Gasteiger partial charge in [0.25, 0.3) is 0 Å². The van der Waals surface area contributed by atoms with Crippen molar-refractivity contribution in [2.24, 2.45) is 11.7 Å². The van der Waals surface area contributed by atoms with Gasteiger partial charge in [-0.15, -0.1) is 0 Å². The van der Waals surface area contributed by atoms with Crippen LogP contribution in [0.1, 0.15) is 51.9 Å². The Morgan fingerprint density at radius 2 is 1.60 bits per heavy atom. The van der Waals surface area contributed by atoms with Crippen molar-refractivity contribution in [1.82, 2.24) is 4.90 Å². The Hall–Kier alpha value is -0.0800. The van der Waals surface area contributed by atoms with Crippen LogP contribution >= 0.6 is 0 Å². The summed E-state index contributed by atoms with van der Waals surface area (Å²) in [6.07, 6.45) is 9.73. The largest absolute Gasteiger partial charge is 0.329 e. The van der Waals surface area contributed by atoms with Gasteiger partial charge >= 0.3 is 0 Å². The van der Waals surface area contributed by atoms with Gasteiger partial charge in [-0.3, -0.25) is 4.90 Å². The van der Waals surface area contributed by atoms with Gasteiger partial charge in [0.1, 0.15) is 0 Å². The number of likely N-dealkylation sites (tertiary alicyclic amines) is 1. The van der Waals surface area contributed by atoms with Gasteiger partial charge in [0, 0.05) is 12.1 Å². The van der Waals surface area contributed by atoms with E-state index in [1.54, 1.807) is 0 Å². The molecule has 2 N–H and O–H groups in total. The van der Waals surface area contributed by atoms with E-state index >= 15 is 0 Å². The van der Waals surface area contributed by atoms with E-state index < -0.39 is 0 Å². The maximum atomic E-state index is 6.01. The predicted molar refractivity (Wildman–Crippen MR) is 64.8 cm³/mol. The third-order valence-corrected chi connectivity index (χ3v) is 4.36. The lowest BCUT2D eigenvalue weighted by molar-refractivity contribution is -0.0171. The Balaban J connectivity index is 1.93. The molecular weight excluding hydrogens is 184 g/mol. The van der Waals surface area contributed by atoms with E-state index in [2.05, 4.69) is 11.8 Å². The Morgan fingerprint density at radius 1 is 1.07 bits per heavy atom. The van der Waals surface area contributed by atoms with Gasteiger partial charge in [0.05, 0.1) is 0 Å². The summed E-state index contributed by atoms with van der Waals surface area (Å²) in [6, 6.07) is 0. The maximum Gasteiger partial charge on any atom is 0.0336 e. The molecule has 0 aromatic heterocycles. The second-order valence-corrected chi connectivity index (χ2v) is 5.70. The molecule has 2 aliphatic rings. The van der Waals surface area contributed by atoms with E-state index in [0.29, 0.717) is 5.54 Å². The lowest BCUT2D eigenvalue weighted by Gasteiger charge is -2.54. The molecule has 1 heterocycles. The molecule has 88 valence electrons. The fraction of sp³-hybridized carbons (Fsp3) is 1.00. The highest BCUT2D eigenvalue weighted by Crippen LogP contribution is 2.42. The zero-order chi connectivity index (χ0) is 10.7. The minimum absolute atomic E-state index is 0.400. The highest BCUT2D eigenvalue weighted by atomic mass is 15.2.